The van der Waals surface area contributed by atoms with Crippen molar-refractivity contribution >= 4 is 35.1 Å². The normalized spacial score (nSPS) is 14.2. The van der Waals surface area contributed by atoms with E-state index in [1.54, 1.807) is 30.3 Å². The Kier molecular flexibility index (Phi) is 5.00. The summed E-state index contributed by atoms with van der Waals surface area (Å²) in [5.41, 5.74) is 4.04. The molecule has 0 spiro atoms. The van der Waals surface area contributed by atoms with E-state index in [9.17, 15) is 14.4 Å². The largest absolute Gasteiger partial charge is 0.457 e. The molecule has 2 aromatic carbocycles. The number of hydrazine groups is 1. The van der Waals surface area contributed by atoms with Gasteiger partial charge in [0.15, 0.2) is 0 Å². The first-order valence-electron chi connectivity index (χ1n) is 7.67. The van der Waals surface area contributed by atoms with Crippen molar-refractivity contribution in [3.8, 4) is 0 Å². The second-order valence-electron chi connectivity index (χ2n) is 5.48. The molecule has 128 valence electrons. The molecule has 2 aromatic rings. The molecular weight excluding hydrogens is 344 g/mol. The van der Waals surface area contributed by atoms with Crippen LogP contribution in [0, 0.1) is 0 Å². The van der Waals surface area contributed by atoms with Crippen LogP contribution in [0.25, 0.3) is 0 Å². The van der Waals surface area contributed by atoms with Gasteiger partial charge >= 0.3 is 5.97 Å². The molecule has 0 aliphatic carbocycles. The maximum Gasteiger partial charge on any atom is 0.338 e. The zero-order chi connectivity index (χ0) is 17.8. The van der Waals surface area contributed by atoms with Gasteiger partial charge in [0.1, 0.15) is 6.61 Å². The van der Waals surface area contributed by atoms with Crippen molar-refractivity contribution in [3.63, 3.8) is 0 Å². The number of carbonyl (C=O) groups excluding carboxylic acids is 3. The fourth-order valence-corrected chi connectivity index (χ4v) is 2.56. The van der Waals surface area contributed by atoms with Crippen molar-refractivity contribution in [1.82, 2.24) is 5.43 Å². The number of anilines is 1. The van der Waals surface area contributed by atoms with E-state index in [2.05, 4.69) is 5.43 Å². The lowest BCUT2D eigenvalue weighted by Gasteiger charge is -2.27. The van der Waals surface area contributed by atoms with Gasteiger partial charge in [-0.2, -0.15) is 0 Å². The molecule has 6 nitrogen and oxygen atoms in total. The van der Waals surface area contributed by atoms with Crippen LogP contribution < -0.4 is 10.4 Å². The van der Waals surface area contributed by atoms with Crippen molar-refractivity contribution in [2.24, 2.45) is 0 Å². The molecule has 0 bridgehead atoms. The number of nitrogens with one attached hydrogen (secondary N) is 1. The van der Waals surface area contributed by atoms with Crippen LogP contribution in [-0.4, -0.2) is 17.8 Å². The summed E-state index contributed by atoms with van der Waals surface area (Å²) < 4.78 is 5.24. The molecular formula is C18H15ClN2O4. The van der Waals surface area contributed by atoms with Crippen molar-refractivity contribution < 1.29 is 19.1 Å². The van der Waals surface area contributed by atoms with Gasteiger partial charge in [-0.15, -0.1) is 0 Å². The molecule has 1 aliphatic rings. The third kappa shape index (κ3) is 3.97. The van der Waals surface area contributed by atoms with Crippen LogP contribution in [0.15, 0.2) is 48.5 Å². The van der Waals surface area contributed by atoms with E-state index in [1.165, 1.54) is 17.1 Å². The van der Waals surface area contributed by atoms with E-state index < -0.39 is 5.97 Å². The van der Waals surface area contributed by atoms with Gasteiger partial charge in [0.2, 0.25) is 11.8 Å². The van der Waals surface area contributed by atoms with Crippen LogP contribution in [0.2, 0.25) is 5.02 Å². The molecule has 0 saturated carbocycles. The third-order valence-electron chi connectivity index (χ3n) is 3.73. The number of rotatable bonds is 4. The van der Waals surface area contributed by atoms with Gasteiger partial charge in [-0.05, 0) is 30.3 Å². The highest BCUT2D eigenvalue weighted by atomic mass is 35.5. The highest BCUT2D eigenvalue weighted by Gasteiger charge is 2.24. The van der Waals surface area contributed by atoms with Crippen LogP contribution in [0.4, 0.5) is 5.69 Å². The first-order valence-corrected chi connectivity index (χ1v) is 8.05. The molecule has 7 heteroatoms. The van der Waals surface area contributed by atoms with E-state index in [0.29, 0.717) is 16.3 Å². The molecule has 1 fully saturated rings. The number of hydrogen-bond acceptors (Lipinski definition) is 4. The van der Waals surface area contributed by atoms with E-state index in [-0.39, 0.29) is 31.3 Å². The first-order chi connectivity index (χ1) is 12.0. The number of nitrogens with zero attached hydrogens (tertiary/aromatic N) is 1. The average molecular weight is 359 g/mol. The quantitative estimate of drug-likeness (QED) is 0.853. The molecule has 1 saturated heterocycles. The number of carbonyl (C=O) groups is 3. The summed E-state index contributed by atoms with van der Waals surface area (Å²) >= 11 is 6.02. The minimum atomic E-state index is -0.500. The minimum absolute atomic E-state index is 0.0704. The van der Waals surface area contributed by atoms with Gasteiger partial charge in [-0.1, -0.05) is 29.8 Å². The smallest absolute Gasteiger partial charge is 0.338 e. The lowest BCUT2D eigenvalue weighted by atomic mass is 10.1. The Bertz CT molecular complexity index is 820. The van der Waals surface area contributed by atoms with Gasteiger partial charge in [0.25, 0.3) is 0 Å². The lowest BCUT2D eigenvalue weighted by Crippen LogP contribution is -2.50. The van der Waals surface area contributed by atoms with Crippen molar-refractivity contribution in [2.45, 2.75) is 19.4 Å². The summed E-state index contributed by atoms with van der Waals surface area (Å²) in [6.45, 7) is 0.0704. The van der Waals surface area contributed by atoms with Crippen LogP contribution in [0.5, 0.6) is 0 Å². The lowest BCUT2D eigenvalue weighted by molar-refractivity contribution is -0.130. The summed E-state index contributed by atoms with van der Waals surface area (Å²) in [5, 5.41) is 1.72. The summed E-state index contributed by atoms with van der Waals surface area (Å²) in [4.78, 5) is 35.4. The van der Waals surface area contributed by atoms with Crippen molar-refractivity contribution in [2.75, 3.05) is 5.01 Å². The van der Waals surface area contributed by atoms with Gasteiger partial charge in [-0.3, -0.25) is 15.0 Å². The Labute approximate surface area is 149 Å². The molecule has 0 radical (unpaired) electrons. The molecule has 2 amide bonds. The first kappa shape index (κ1) is 17.0. The number of halogens is 1. The monoisotopic (exact) mass is 358 g/mol. The van der Waals surface area contributed by atoms with E-state index in [0.717, 1.165) is 5.56 Å². The molecule has 0 aromatic heterocycles. The zero-order valence-electron chi connectivity index (χ0n) is 13.2. The number of amides is 2. The van der Waals surface area contributed by atoms with Gasteiger partial charge in [0.05, 0.1) is 11.3 Å². The maximum absolute atomic E-state index is 12.1. The third-order valence-corrected chi connectivity index (χ3v) is 4.10. The minimum Gasteiger partial charge on any atom is -0.457 e. The van der Waals surface area contributed by atoms with E-state index in [1.807, 2.05) is 6.07 Å². The fraction of sp³-hybridized carbons (Fsp3) is 0.167. The van der Waals surface area contributed by atoms with Crippen molar-refractivity contribution in [1.29, 1.82) is 0 Å². The van der Waals surface area contributed by atoms with Crippen LogP contribution in [-0.2, 0) is 20.9 Å². The summed E-state index contributed by atoms with van der Waals surface area (Å²) in [6, 6.07) is 13.4. The van der Waals surface area contributed by atoms with Crippen molar-refractivity contribution in [3.05, 3.63) is 64.7 Å². The number of esters is 1. The van der Waals surface area contributed by atoms with Gasteiger partial charge in [-0.25, -0.2) is 9.80 Å². The summed E-state index contributed by atoms with van der Waals surface area (Å²) in [7, 11) is 0. The average Bonchev–Trinajstić information content (AvgIpc) is 2.63. The topological polar surface area (TPSA) is 75.7 Å². The molecule has 0 unspecified atom stereocenters. The Morgan fingerprint density at radius 2 is 1.80 bits per heavy atom. The van der Waals surface area contributed by atoms with Gasteiger partial charge < -0.3 is 4.74 Å². The molecule has 3 rings (SSSR count). The second-order valence-corrected chi connectivity index (χ2v) is 5.89. The predicted molar refractivity (Wildman–Crippen MR) is 91.9 cm³/mol. The molecule has 1 N–H and O–H groups in total. The zero-order valence-corrected chi connectivity index (χ0v) is 14.0. The predicted octanol–water partition coefficient (Wildman–Crippen LogP) is 2.86. The van der Waals surface area contributed by atoms with Crippen LogP contribution in [0.3, 0.4) is 0 Å². The highest BCUT2D eigenvalue weighted by molar-refractivity contribution is 6.31. The molecule has 1 heterocycles. The number of ether oxygens (including phenoxy) is 1. The Morgan fingerprint density at radius 3 is 2.52 bits per heavy atom. The Balaban J connectivity index is 1.65. The summed E-state index contributed by atoms with van der Waals surface area (Å²) in [5.74, 6) is -0.919. The number of hydrogen-bond donors (Lipinski definition) is 1. The summed E-state index contributed by atoms with van der Waals surface area (Å²) in [6.07, 6.45) is 0.343. The molecule has 0 atom stereocenters. The number of benzene rings is 2. The Hall–Kier alpha value is -2.86. The second kappa shape index (κ2) is 7.36. The van der Waals surface area contributed by atoms with E-state index in [4.69, 9.17) is 16.3 Å². The van der Waals surface area contributed by atoms with Gasteiger partial charge in [0, 0.05) is 23.4 Å². The van der Waals surface area contributed by atoms with Crippen LogP contribution >= 0.6 is 11.6 Å². The van der Waals surface area contributed by atoms with E-state index >= 15 is 0 Å². The highest BCUT2D eigenvalue weighted by Crippen LogP contribution is 2.19. The van der Waals surface area contributed by atoms with Crippen LogP contribution in [0.1, 0.15) is 28.8 Å². The maximum atomic E-state index is 12.1. The standard InChI is InChI=1S/C18H15ClN2O4/c19-15-4-2-1-3-13(15)11-25-18(24)12-5-7-14(8-6-12)21-17(23)10-9-16(22)20-21/h1-8H,9-11H2,(H,20,22). The fourth-order valence-electron chi connectivity index (χ4n) is 2.37. The molecule has 1 aliphatic heterocycles. The SMILES string of the molecule is O=C1CCC(=O)N(c2ccc(C(=O)OCc3ccccc3Cl)cc2)N1. The molecule has 25 heavy (non-hydrogen) atoms. The Morgan fingerprint density at radius 1 is 1.08 bits per heavy atom.